The highest BCUT2D eigenvalue weighted by atomic mass is 32.2. The van der Waals surface area contributed by atoms with Gasteiger partial charge in [0, 0.05) is 13.1 Å². The molecule has 1 aliphatic rings. The Morgan fingerprint density at radius 3 is 2.52 bits per heavy atom. The van der Waals surface area contributed by atoms with Gasteiger partial charge in [-0.15, -0.1) is 0 Å². The third kappa shape index (κ3) is 3.72. The highest BCUT2D eigenvalue weighted by Crippen LogP contribution is 2.28. The van der Waals surface area contributed by atoms with Gasteiger partial charge < -0.3 is 5.32 Å². The van der Waals surface area contributed by atoms with Gasteiger partial charge in [0.25, 0.3) is 0 Å². The summed E-state index contributed by atoms with van der Waals surface area (Å²) in [6.45, 7) is 2.29. The van der Waals surface area contributed by atoms with Crippen LogP contribution in [0.3, 0.4) is 0 Å². The van der Waals surface area contributed by atoms with E-state index in [4.69, 9.17) is 0 Å². The molecule has 1 N–H and O–H groups in total. The van der Waals surface area contributed by atoms with Crippen molar-refractivity contribution in [3.8, 4) is 0 Å². The van der Waals surface area contributed by atoms with Crippen molar-refractivity contribution in [1.82, 2.24) is 9.62 Å². The number of sulfonamides is 1. The number of amides is 1. The summed E-state index contributed by atoms with van der Waals surface area (Å²) in [5.41, 5.74) is 2.03. The molecule has 2 aromatic rings. The van der Waals surface area contributed by atoms with E-state index in [0.29, 0.717) is 11.1 Å². The Labute approximate surface area is 146 Å². The lowest BCUT2D eigenvalue weighted by Crippen LogP contribution is -2.52. The van der Waals surface area contributed by atoms with Gasteiger partial charge in [-0.05, 0) is 35.7 Å². The zero-order chi connectivity index (χ0) is 18.0. The zero-order valence-corrected chi connectivity index (χ0v) is 14.6. The quantitative estimate of drug-likeness (QED) is 0.906. The number of aryl methyl sites for hydroxylation is 1. The van der Waals surface area contributed by atoms with Crippen LogP contribution in [0.4, 0.5) is 4.39 Å². The number of hydrogen-bond acceptors (Lipinski definition) is 3. The number of nitrogens with one attached hydrogen (secondary N) is 1. The molecule has 25 heavy (non-hydrogen) atoms. The van der Waals surface area contributed by atoms with Crippen molar-refractivity contribution in [3.63, 3.8) is 0 Å². The highest BCUT2D eigenvalue weighted by molar-refractivity contribution is 7.88. The van der Waals surface area contributed by atoms with E-state index in [-0.39, 0.29) is 18.8 Å². The number of halogens is 1. The molecular weight excluding hydrogens is 343 g/mol. The van der Waals surface area contributed by atoms with Crippen LogP contribution >= 0.6 is 0 Å². The molecule has 1 saturated heterocycles. The first kappa shape index (κ1) is 17.6. The van der Waals surface area contributed by atoms with Crippen molar-refractivity contribution in [2.24, 2.45) is 0 Å². The molecule has 1 atom stereocenters. The minimum absolute atomic E-state index is 0.176. The van der Waals surface area contributed by atoms with Gasteiger partial charge in [-0.1, -0.05) is 36.4 Å². The second-order valence-corrected chi connectivity index (χ2v) is 7.96. The van der Waals surface area contributed by atoms with Gasteiger partial charge in [0.05, 0.1) is 5.75 Å². The number of rotatable bonds is 4. The second-order valence-electron chi connectivity index (χ2n) is 6.04. The van der Waals surface area contributed by atoms with Crippen molar-refractivity contribution >= 4 is 15.9 Å². The molecule has 1 aliphatic heterocycles. The summed E-state index contributed by atoms with van der Waals surface area (Å²) in [5, 5.41) is 2.68. The lowest BCUT2D eigenvalue weighted by Gasteiger charge is -2.34. The molecule has 1 unspecified atom stereocenters. The van der Waals surface area contributed by atoms with Crippen LogP contribution in [0.1, 0.15) is 22.7 Å². The second kappa shape index (κ2) is 6.93. The van der Waals surface area contributed by atoms with Crippen LogP contribution < -0.4 is 5.32 Å². The van der Waals surface area contributed by atoms with Crippen LogP contribution in [0.2, 0.25) is 0 Å². The van der Waals surface area contributed by atoms with Crippen LogP contribution in [0.5, 0.6) is 0 Å². The van der Waals surface area contributed by atoms with Crippen LogP contribution in [0.15, 0.2) is 48.5 Å². The van der Waals surface area contributed by atoms with Crippen LogP contribution in [-0.2, 0) is 20.6 Å². The number of hydrogen-bond donors (Lipinski definition) is 1. The third-order valence-corrected chi connectivity index (χ3v) is 6.09. The van der Waals surface area contributed by atoms with Crippen molar-refractivity contribution in [2.75, 3.05) is 13.1 Å². The Kier molecular flexibility index (Phi) is 4.87. The largest absolute Gasteiger partial charge is 0.353 e. The molecule has 0 aromatic heterocycles. The lowest BCUT2D eigenvalue weighted by atomic mass is 10.0. The van der Waals surface area contributed by atoms with Crippen molar-refractivity contribution in [1.29, 1.82) is 0 Å². The molecule has 2 aromatic carbocycles. The van der Waals surface area contributed by atoms with E-state index in [1.807, 2.05) is 19.1 Å². The van der Waals surface area contributed by atoms with E-state index in [1.54, 1.807) is 12.1 Å². The molecule has 132 valence electrons. The predicted octanol–water partition coefficient (Wildman–Crippen LogP) is 2.14. The van der Waals surface area contributed by atoms with Crippen LogP contribution in [0, 0.1) is 12.7 Å². The molecular formula is C18H19FN2O3S. The summed E-state index contributed by atoms with van der Waals surface area (Å²) in [5.74, 6) is -1.01. The molecule has 1 fully saturated rings. The van der Waals surface area contributed by atoms with Gasteiger partial charge >= 0.3 is 0 Å². The maximum absolute atomic E-state index is 13.2. The molecule has 0 bridgehead atoms. The first-order valence-corrected chi connectivity index (χ1v) is 9.56. The number of nitrogens with zero attached hydrogens (tertiary/aromatic N) is 1. The van der Waals surface area contributed by atoms with Crippen molar-refractivity contribution in [2.45, 2.75) is 18.7 Å². The van der Waals surface area contributed by atoms with Gasteiger partial charge in [-0.3, -0.25) is 4.79 Å². The summed E-state index contributed by atoms with van der Waals surface area (Å²) in [6, 6.07) is 11.6. The molecule has 1 heterocycles. The van der Waals surface area contributed by atoms with E-state index < -0.39 is 27.8 Å². The minimum Gasteiger partial charge on any atom is -0.353 e. The Balaban J connectivity index is 1.95. The molecule has 7 heteroatoms. The summed E-state index contributed by atoms with van der Waals surface area (Å²) in [7, 11) is -3.72. The Morgan fingerprint density at radius 2 is 1.84 bits per heavy atom. The molecule has 3 rings (SSSR count). The van der Waals surface area contributed by atoms with E-state index in [2.05, 4.69) is 5.32 Å². The molecule has 0 spiro atoms. The summed E-state index contributed by atoms with van der Waals surface area (Å²) < 4.78 is 40.3. The topological polar surface area (TPSA) is 66.5 Å². The van der Waals surface area contributed by atoms with Gasteiger partial charge in [-0.25, -0.2) is 12.8 Å². The van der Waals surface area contributed by atoms with E-state index >= 15 is 0 Å². The summed E-state index contributed by atoms with van der Waals surface area (Å²) in [6.07, 6.45) is 0. The molecule has 5 nitrogen and oxygen atoms in total. The number of piperazine rings is 1. The first-order chi connectivity index (χ1) is 11.9. The van der Waals surface area contributed by atoms with Crippen LogP contribution in [0.25, 0.3) is 0 Å². The fourth-order valence-electron chi connectivity index (χ4n) is 2.96. The molecule has 0 radical (unpaired) electrons. The van der Waals surface area contributed by atoms with Gasteiger partial charge in [0.15, 0.2) is 0 Å². The van der Waals surface area contributed by atoms with Crippen molar-refractivity contribution in [3.05, 3.63) is 71.0 Å². The Morgan fingerprint density at radius 1 is 1.16 bits per heavy atom. The van der Waals surface area contributed by atoms with Crippen molar-refractivity contribution < 1.29 is 17.6 Å². The van der Waals surface area contributed by atoms with E-state index in [9.17, 15) is 17.6 Å². The predicted molar refractivity (Wildman–Crippen MR) is 92.7 cm³/mol. The highest BCUT2D eigenvalue weighted by Gasteiger charge is 2.38. The SMILES string of the molecule is Cc1ccccc1CS(=O)(=O)N1CCNC(=O)C1c1ccc(F)cc1. The molecule has 0 aliphatic carbocycles. The zero-order valence-electron chi connectivity index (χ0n) is 13.8. The third-order valence-electron chi connectivity index (χ3n) is 4.31. The van der Waals surface area contributed by atoms with Gasteiger partial charge in [-0.2, -0.15) is 4.31 Å². The summed E-state index contributed by atoms with van der Waals surface area (Å²) in [4.78, 5) is 12.3. The van der Waals surface area contributed by atoms with E-state index in [1.165, 1.54) is 28.6 Å². The Hall–Kier alpha value is -2.25. The maximum atomic E-state index is 13.2. The average molecular weight is 362 g/mol. The molecule has 1 amide bonds. The Bertz CT molecular complexity index is 881. The number of carbonyl (C=O) groups excluding carboxylic acids is 1. The number of benzene rings is 2. The minimum atomic E-state index is -3.72. The lowest BCUT2D eigenvalue weighted by molar-refractivity contribution is -0.126. The normalized spacial score (nSPS) is 18.8. The van der Waals surface area contributed by atoms with E-state index in [0.717, 1.165) is 5.56 Å². The number of carbonyl (C=O) groups is 1. The maximum Gasteiger partial charge on any atom is 0.243 e. The monoisotopic (exact) mass is 362 g/mol. The van der Waals surface area contributed by atoms with Gasteiger partial charge in [0.2, 0.25) is 15.9 Å². The fourth-order valence-corrected chi connectivity index (χ4v) is 4.75. The van der Waals surface area contributed by atoms with Gasteiger partial charge in [0.1, 0.15) is 11.9 Å². The first-order valence-electron chi connectivity index (χ1n) is 7.96. The molecule has 0 saturated carbocycles. The van der Waals surface area contributed by atoms with Crippen LogP contribution in [-0.4, -0.2) is 31.7 Å². The average Bonchev–Trinajstić information content (AvgIpc) is 2.58. The smallest absolute Gasteiger partial charge is 0.243 e. The fraction of sp³-hybridized carbons (Fsp3) is 0.278. The summed E-state index contributed by atoms with van der Waals surface area (Å²) >= 11 is 0. The standard InChI is InChI=1S/C18H19FN2O3S/c1-13-4-2-3-5-15(13)12-25(23,24)21-11-10-20-18(22)17(21)14-6-8-16(19)9-7-14/h2-9,17H,10-12H2,1H3,(H,20,22).